The smallest absolute Gasteiger partial charge is 0.355 e. The molecule has 0 bridgehead atoms. The molecule has 4 heteroatoms. The number of carbonyl (C=O) groups is 1. The molecule has 1 saturated carbocycles. The highest BCUT2D eigenvalue weighted by molar-refractivity contribution is 5.86. The van der Waals surface area contributed by atoms with Crippen LogP contribution in [0.1, 0.15) is 69.2 Å². The van der Waals surface area contributed by atoms with Gasteiger partial charge in [-0.1, -0.05) is 38.5 Å². The van der Waals surface area contributed by atoms with Crippen molar-refractivity contribution in [1.29, 1.82) is 0 Å². The van der Waals surface area contributed by atoms with E-state index in [0.29, 0.717) is 5.41 Å². The molecule has 0 radical (unpaired) electrons. The van der Waals surface area contributed by atoms with Gasteiger partial charge < -0.3 is 10.4 Å². The van der Waals surface area contributed by atoms with Crippen molar-refractivity contribution >= 4 is 12.7 Å². The predicted octanol–water partition coefficient (Wildman–Crippen LogP) is 4.36. The molecule has 1 aromatic carbocycles. The molecule has 0 aromatic heterocycles. The van der Waals surface area contributed by atoms with E-state index in [9.17, 15) is 4.79 Å². The van der Waals surface area contributed by atoms with Crippen molar-refractivity contribution in [3.63, 3.8) is 0 Å². The number of hydrogen-bond donors (Lipinski definition) is 2. The Morgan fingerprint density at radius 2 is 2.17 bits per heavy atom. The summed E-state index contributed by atoms with van der Waals surface area (Å²) in [4.78, 5) is 14.5. The first-order valence-electron chi connectivity index (χ1n) is 8.77. The quantitative estimate of drug-likeness (QED) is 0.523. The number of aliphatic imine (C=N–C) groups is 1. The number of carboxylic acid groups (broad SMARTS) is 1. The summed E-state index contributed by atoms with van der Waals surface area (Å²) in [6.07, 6.45) is 7.42. The first kappa shape index (κ1) is 18.2. The maximum Gasteiger partial charge on any atom is 0.355 e. The van der Waals surface area contributed by atoms with Crippen LogP contribution in [0.2, 0.25) is 0 Å². The number of rotatable bonds is 9. The van der Waals surface area contributed by atoms with Gasteiger partial charge in [0.2, 0.25) is 0 Å². The second kappa shape index (κ2) is 7.65. The maximum atomic E-state index is 11.0. The summed E-state index contributed by atoms with van der Waals surface area (Å²) in [7, 11) is 0. The monoisotopic (exact) mass is 328 g/mol. The molecular formula is C20H28N2O2. The van der Waals surface area contributed by atoms with E-state index in [1.54, 1.807) is 0 Å². The zero-order valence-corrected chi connectivity index (χ0v) is 14.9. The summed E-state index contributed by atoms with van der Waals surface area (Å²) < 4.78 is 0. The molecule has 0 aliphatic heterocycles. The molecule has 1 fully saturated rings. The molecule has 1 unspecified atom stereocenters. The van der Waals surface area contributed by atoms with E-state index < -0.39 is 5.97 Å². The number of aryl methyl sites for hydroxylation is 1. The Morgan fingerprint density at radius 1 is 1.46 bits per heavy atom. The normalized spacial score (nSPS) is 17.2. The molecule has 2 N–H and O–H groups in total. The van der Waals surface area contributed by atoms with Crippen LogP contribution in [0.25, 0.3) is 0 Å². The average molecular weight is 328 g/mol. The van der Waals surface area contributed by atoms with Crippen molar-refractivity contribution in [3.05, 3.63) is 46.8 Å². The van der Waals surface area contributed by atoms with Crippen LogP contribution in [-0.4, -0.2) is 17.8 Å². The van der Waals surface area contributed by atoms with Gasteiger partial charge in [-0.05, 0) is 61.4 Å². The Bertz CT molecular complexity index is 645. The van der Waals surface area contributed by atoms with E-state index in [1.165, 1.54) is 42.2 Å². The summed E-state index contributed by atoms with van der Waals surface area (Å²) in [5.41, 5.74) is 4.45. The summed E-state index contributed by atoms with van der Waals surface area (Å²) >= 11 is 0. The topological polar surface area (TPSA) is 61.7 Å². The fourth-order valence-corrected chi connectivity index (χ4v) is 3.32. The van der Waals surface area contributed by atoms with Crippen LogP contribution in [-0.2, 0) is 16.6 Å². The van der Waals surface area contributed by atoms with E-state index in [2.05, 4.69) is 49.1 Å². The van der Waals surface area contributed by atoms with Crippen molar-refractivity contribution in [1.82, 2.24) is 5.32 Å². The van der Waals surface area contributed by atoms with Crippen LogP contribution >= 0.6 is 0 Å². The van der Waals surface area contributed by atoms with Crippen LogP contribution in [0.5, 0.6) is 0 Å². The molecule has 2 rings (SSSR count). The highest BCUT2D eigenvalue weighted by Crippen LogP contribution is 2.52. The van der Waals surface area contributed by atoms with Gasteiger partial charge in [-0.2, -0.15) is 0 Å². The number of benzene rings is 1. The second-order valence-corrected chi connectivity index (χ2v) is 6.68. The van der Waals surface area contributed by atoms with Gasteiger partial charge >= 0.3 is 5.97 Å². The van der Waals surface area contributed by atoms with Gasteiger partial charge in [-0.25, -0.2) is 4.79 Å². The fourth-order valence-electron chi connectivity index (χ4n) is 3.32. The van der Waals surface area contributed by atoms with Gasteiger partial charge in [0.05, 0.1) is 0 Å². The summed E-state index contributed by atoms with van der Waals surface area (Å²) in [6, 6.07) is 6.74. The molecule has 0 amide bonds. The van der Waals surface area contributed by atoms with Gasteiger partial charge in [-0.15, -0.1) is 0 Å². The minimum Gasteiger partial charge on any atom is -0.476 e. The molecule has 1 aliphatic carbocycles. The van der Waals surface area contributed by atoms with Gasteiger partial charge in [0.15, 0.2) is 5.70 Å². The number of carboxylic acids is 1. The third kappa shape index (κ3) is 3.86. The van der Waals surface area contributed by atoms with Gasteiger partial charge in [0, 0.05) is 12.2 Å². The molecule has 4 nitrogen and oxygen atoms in total. The zero-order valence-electron chi connectivity index (χ0n) is 14.9. The Hall–Kier alpha value is -2.10. The molecule has 0 spiro atoms. The standard InChI is InChI=1S/C20H28N2O2/c1-5-7-16-12-15(8-9-17(16)20(6-2)10-11-20)14(3)22-13-18(21-4)19(23)24/h8-9,12-14,22H,4-7,10-11H2,1-3H3,(H,23,24)/b18-13-. The lowest BCUT2D eigenvalue weighted by Crippen LogP contribution is -2.16. The molecule has 130 valence electrons. The highest BCUT2D eigenvalue weighted by Gasteiger charge is 2.43. The summed E-state index contributed by atoms with van der Waals surface area (Å²) in [6.45, 7) is 9.80. The van der Waals surface area contributed by atoms with Gasteiger partial charge in [-0.3, -0.25) is 4.99 Å². The lowest BCUT2D eigenvalue weighted by atomic mass is 9.86. The van der Waals surface area contributed by atoms with E-state index in [-0.39, 0.29) is 11.7 Å². The largest absolute Gasteiger partial charge is 0.476 e. The third-order valence-corrected chi connectivity index (χ3v) is 5.11. The van der Waals surface area contributed by atoms with Crippen LogP contribution in [0.4, 0.5) is 0 Å². The van der Waals surface area contributed by atoms with Crippen molar-refractivity contribution in [2.45, 2.75) is 64.3 Å². The third-order valence-electron chi connectivity index (χ3n) is 5.11. The predicted molar refractivity (Wildman–Crippen MR) is 98.5 cm³/mol. The van der Waals surface area contributed by atoms with E-state index >= 15 is 0 Å². The molecule has 0 saturated heterocycles. The highest BCUT2D eigenvalue weighted by atomic mass is 16.4. The Morgan fingerprint density at radius 3 is 2.67 bits per heavy atom. The van der Waals surface area contributed by atoms with Gasteiger partial charge in [0.1, 0.15) is 0 Å². The zero-order chi connectivity index (χ0) is 17.7. The molecule has 0 heterocycles. The Labute approximate surface area is 144 Å². The Kier molecular flexibility index (Phi) is 5.81. The minimum atomic E-state index is -1.08. The average Bonchev–Trinajstić information content (AvgIpc) is 3.36. The SMILES string of the molecule is C=N/C(=C\NC(C)c1ccc(C2(CC)CC2)c(CCC)c1)C(=O)O. The van der Waals surface area contributed by atoms with E-state index in [4.69, 9.17) is 5.11 Å². The van der Waals surface area contributed by atoms with Crippen molar-refractivity contribution in [2.75, 3.05) is 0 Å². The van der Waals surface area contributed by atoms with Crippen LogP contribution in [0, 0.1) is 0 Å². The first-order chi connectivity index (χ1) is 11.5. The maximum absolute atomic E-state index is 11.0. The molecular weight excluding hydrogens is 300 g/mol. The molecule has 1 atom stereocenters. The Balaban J connectivity index is 2.23. The second-order valence-electron chi connectivity index (χ2n) is 6.68. The van der Waals surface area contributed by atoms with E-state index in [0.717, 1.165) is 12.8 Å². The summed E-state index contributed by atoms with van der Waals surface area (Å²) in [5.74, 6) is -1.08. The van der Waals surface area contributed by atoms with Crippen LogP contribution < -0.4 is 5.32 Å². The van der Waals surface area contributed by atoms with Crippen molar-refractivity contribution < 1.29 is 9.90 Å². The number of aliphatic carboxylic acids is 1. The first-order valence-corrected chi connectivity index (χ1v) is 8.77. The molecule has 24 heavy (non-hydrogen) atoms. The molecule has 1 aliphatic rings. The van der Waals surface area contributed by atoms with Gasteiger partial charge in [0.25, 0.3) is 0 Å². The number of nitrogens with zero attached hydrogens (tertiary/aromatic N) is 1. The lowest BCUT2D eigenvalue weighted by Gasteiger charge is -2.21. The molecule has 1 aromatic rings. The minimum absolute atomic E-state index is 0.0162. The fraction of sp³-hybridized carbons (Fsp3) is 0.500. The van der Waals surface area contributed by atoms with Crippen molar-refractivity contribution in [3.8, 4) is 0 Å². The lowest BCUT2D eigenvalue weighted by molar-refractivity contribution is -0.132. The van der Waals surface area contributed by atoms with Crippen LogP contribution in [0.3, 0.4) is 0 Å². The van der Waals surface area contributed by atoms with Crippen molar-refractivity contribution in [2.24, 2.45) is 4.99 Å². The van der Waals surface area contributed by atoms with Crippen LogP contribution in [0.15, 0.2) is 35.1 Å². The number of hydrogen-bond acceptors (Lipinski definition) is 3. The number of nitrogens with one attached hydrogen (secondary N) is 1. The van der Waals surface area contributed by atoms with E-state index in [1.807, 2.05) is 6.92 Å². The summed E-state index contributed by atoms with van der Waals surface area (Å²) in [5, 5.41) is 12.1.